The molecule has 3 atom stereocenters. The summed E-state index contributed by atoms with van der Waals surface area (Å²) in [7, 11) is 4.67. The second-order valence-electron chi connectivity index (χ2n) is 10.0. The van der Waals surface area contributed by atoms with Crippen molar-refractivity contribution in [3.63, 3.8) is 0 Å². The Morgan fingerprint density at radius 2 is 1.71 bits per heavy atom. The molecule has 2 heterocycles. The Hall–Kier alpha value is -4.07. The molecule has 0 spiro atoms. The number of furan rings is 1. The highest BCUT2D eigenvalue weighted by Crippen LogP contribution is 2.51. The van der Waals surface area contributed by atoms with E-state index in [2.05, 4.69) is 0 Å². The van der Waals surface area contributed by atoms with Crippen LogP contribution in [0.2, 0.25) is 0 Å². The molecule has 3 aliphatic rings. The molecule has 0 bridgehead atoms. The number of Topliss-reactive ketones (excluding diaryl/α,β-unsaturated/α-hetero) is 1. The summed E-state index contributed by atoms with van der Waals surface area (Å²) in [6, 6.07) is 14.4. The topological polar surface area (TPSA) is 90.6 Å². The molecule has 0 N–H and O–H groups in total. The van der Waals surface area contributed by atoms with Crippen LogP contribution in [0, 0.1) is 11.8 Å². The Kier molecular flexibility index (Phi) is 6.18. The molecule has 3 unspecified atom stereocenters. The summed E-state index contributed by atoms with van der Waals surface area (Å²) in [5, 5.41) is 0. The van der Waals surface area contributed by atoms with E-state index in [9.17, 15) is 9.59 Å². The van der Waals surface area contributed by atoms with Gasteiger partial charge in [0.2, 0.25) is 11.7 Å². The zero-order valence-corrected chi connectivity index (χ0v) is 21.7. The van der Waals surface area contributed by atoms with Crippen molar-refractivity contribution in [3.8, 4) is 17.2 Å². The lowest BCUT2D eigenvalue weighted by Gasteiger charge is -2.39. The number of carbonyl (C=O) groups excluding carboxylic acids is 2. The largest absolute Gasteiger partial charge is 0.493 e. The third-order valence-corrected chi connectivity index (χ3v) is 7.75. The van der Waals surface area contributed by atoms with E-state index in [0.29, 0.717) is 41.5 Å². The van der Waals surface area contributed by atoms with Gasteiger partial charge in [-0.05, 0) is 61.2 Å². The van der Waals surface area contributed by atoms with Crippen molar-refractivity contribution < 1.29 is 28.2 Å². The first-order chi connectivity index (χ1) is 18.5. The molecule has 0 saturated heterocycles. The van der Waals surface area contributed by atoms with E-state index in [-0.39, 0.29) is 23.5 Å². The van der Waals surface area contributed by atoms with Gasteiger partial charge in [0.05, 0.1) is 50.9 Å². The number of hydrogen-bond donors (Lipinski definition) is 0. The monoisotopic (exact) mass is 514 g/mol. The van der Waals surface area contributed by atoms with Gasteiger partial charge in [-0.1, -0.05) is 12.1 Å². The molecule has 2 aromatic carbocycles. The van der Waals surface area contributed by atoms with E-state index < -0.39 is 12.0 Å². The Morgan fingerprint density at radius 1 is 0.974 bits per heavy atom. The van der Waals surface area contributed by atoms with Gasteiger partial charge in [0, 0.05) is 24.0 Å². The number of carbonyl (C=O) groups is 2. The standard InChI is InChI=1S/C30H30N2O6/c1-35-25-15-19(16-26(36-2)29(25)37-3)28-27-21(13-18(14-23(27)33)24-9-6-12-38-24)31-20-7-4-5-8-22(20)32(28)30(34)17-10-11-17/h4-9,12,15-18,27-28H,10-11,13-14H2,1-3H3. The fraction of sp³-hybridized carbons (Fsp3) is 0.367. The summed E-state index contributed by atoms with van der Waals surface area (Å²) in [6.45, 7) is 0. The van der Waals surface area contributed by atoms with Gasteiger partial charge in [-0.3, -0.25) is 14.6 Å². The average molecular weight is 515 g/mol. The number of fused-ring (bicyclic) bond motifs is 2. The summed E-state index contributed by atoms with van der Waals surface area (Å²) in [4.78, 5) is 34.9. The van der Waals surface area contributed by atoms with E-state index in [1.54, 1.807) is 32.5 Å². The highest BCUT2D eigenvalue weighted by molar-refractivity contribution is 6.13. The predicted molar refractivity (Wildman–Crippen MR) is 142 cm³/mol. The molecule has 8 nitrogen and oxygen atoms in total. The number of nitrogens with zero attached hydrogens (tertiary/aromatic N) is 2. The number of para-hydroxylation sites is 2. The number of amides is 1. The summed E-state index contributed by atoms with van der Waals surface area (Å²) < 4.78 is 22.6. The Labute approximate surface area is 221 Å². The minimum Gasteiger partial charge on any atom is -0.493 e. The first-order valence-corrected chi connectivity index (χ1v) is 12.9. The van der Waals surface area contributed by atoms with Gasteiger partial charge in [-0.15, -0.1) is 0 Å². The molecule has 3 aromatic rings. The molecule has 196 valence electrons. The fourth-order valence-corrected chi connectivity index (χ4v) is 5.82. The Bertz CT molecular complexity index is 1380. The van der Waals surface area contributed by atoms with Crippen LogP contribution in [0.5, 0.6) is 17.2 Å². The molecular formula is C30H30N2O6. The van der Waals surface area contributed by atoms with Crippen molar-refractivity contribution in [3.05, 3.63) is 66.1 Å². The van der Waals surface area contributed by atoms with Crippen LogP contribution in [0.15, 0.2) is 64.2 Å². The van der Waals surface area contributed by atoms with Crippen LogP contribution in [0.4, 0.5) is 11.4 Å². The number of aliphatic imine (C=N–C) groups is 1. The lowest BCUT2D eigenvalue weighted by molar-refractivity contribution is -0.123. The summed E-state index contributed by atoms with van der Waals surface area (Å²) in [5.74, 6) is 1.39. The maximum Gasteiger partial charge on any atom is 0.230 e. The molecular weight excluding hydrogens is 484 g/mol. The molecule has 0 radical (unpaired) electrons. The van der Waals surface area contributed by atoms with Crippen LogP contribution < -0.4 is 19.1 Å². The quantitative estimate of drug-likeness (QED) is 0.423. The van der Waals surface area contributed by atoms with Crippen molar-refractivity contribution >= 4 is 28.8 Å². The smallest absolute Gasteiger partial charge is 0.230 e. The minimum atomic E-state index is -0.626. The van der Waals surface area contributed by atoms with E-state index in [1.807, 2.05) is 48.5 Å². The summed E-state index contributed by atoms with van der Waals surface area (Å²) in [6.07, 6.45) is 4.17. The number of ether oxygens (including phenoxy) is 3. The summed E-state index contributed by atoms with van der Waals surface area (Å²) >= 11 is 0. The van der Waals surface area contributed by atoms with E-state index >= 15 is 0 Å². The molecule has 1 amide bonds. The van der Waals surface area contributed by atoms with Crippen LogP contribution in [-0.4, -0.2) is 38.7 Å². The van der Waals surface area contributed by atoms with Gasteiger partial charge in [-0.2, -0.15) is 0 Å². The highest BCUT2D eigenvalue weighted by Gasteiger charge is 2.49. The van der Waals surface area contributed by atoms with Gasteiger partial charge in [0.15, 0.2) is 11.5 Å². The molecule has 38 heavy (non-hydrogen) atoms. The highest BCUT2D eigenvalue weighted by atomic mass is 16.5. The summed E-state index contributed by atoms with van der Waals surface area (Å²) in [5.41, 5.74) is 2.87. The van der Waals surface area contributed by atoms with Gasteiger partial charge >= 0.3 is 0 Å². The van der Waals surface area contributed by atoms with E-state index in [0.717, 1.165) is 29.9 Å². The first kappa shape index (κ1) is 24.3. The minimum absolute atomic E-state index is 0.00797. The molecule has 1 aliphatic heterocycles. The number of rotatable bonds is 6. The zero-order valence-electron chi connectivity index (χ0n) is 21.7. The third-order valence-electron chi connectivity index (χ3n) is 7.75. The van der Waals surface area contributed by atoms with Gasteiger partial charge < -0.3 is 23.5 Å². The van der Waals surface area contributed by atoms with Crippen molar-refractivity contribution in [1.29, 1.82) is 0 Å². The first-order valence-electron chi connectivity index (χ1n) is 12.9. The SMILES string of the molecule is COc1cc(C2C3C(=O)CC(c4ccco4)CC3=Nc3ccccc3N2C(=O)C2CC2)cc(OC)c1OC. The number of hydrogen-bond acceptors (Lipinski definition) is 7. The van der Waals surface area contributed by atoms with Crippen LogP contribution in [0.3, 0.4) is 0 Å². The maximum atomic E-state index is 14.1. The van der Waals surface area contributed by atoms with Crippen molar-refractivity contribution in [2.45, 2.75) is 37.6 Å². The zero-order chi connectivity index (χ0) is 26.4. The lowest BCUT2D eigenvalue weighted by Crippen LogP contribution is -2.46. The Balaban J connectivity index is 1.57. The fourth-order valence-electron chi connectivity index (χ4n) is 5.82. The van der Waals surface area contributed by atoms with Crippen LogP contribution >= 0.6 is 0 Å². The van der Waals surface area contributed by atoms with E-state index in [1.165, 1.54) is 0 Å². The van der Waals surface area contributed by atoms with Gasteiger partial charge in [0.25, 0.3) is 0 Å². The van der Waals surface area contributed by atoms with Gasteiger partial charge in [-0.25, -0.2) is 0 Å². The number of methoxy groups -OCH3 is 3. The second-order valence-corrected chi connectivity index (χ2v) is 10.0. The number of benzene rings is 2. The van der Waals surface area contributed by atoms with Crippen molar-refractivity contribution in [1.82, 2.24) is 0 Å². The number of anilines is 1. The molecule has 1 aromatic heterocycles. The second kappa shape index (κ2) is 9.67. The van der Waals surface area contributed by atoms with Crippen molar-refractivity contribution in [2.75, 3.05) is 26.2 Å². The average Bonchev–Trinajstić information content (AvgIpc) is 3.67. The van der Waals surface area contributed by atoms with Gasteiger partial charge in [0.1, 0.15) is 11.5 Å². The molecule has 2 saturated carbocycles. The van der Waals surface area contributed by atoms with Crippen LogP contribution in [-0.2, 0) is 9.59 Å². The number of ketones is 1. The third kappa shape index (κ3) is 4.04. The normalized spacial score (nSPS) is 22.6. The molecule has 6 rings (SSSR count). The Morgan fingerprint density at radius 3 is 2.34 bits per heavy atom. The molecule has 2 fully saturated rings. The molecule has 2 aliphatic carbocycles. The van der Waals surface area contributed by atoms with Crippen LogP contribution in [0.1, 0.15) is 49.0 Å². The lowest BCUT2D eigenvalue weighted by atomic mass is 9.73. The van der Waals surface area contributed by atoms with E-state index in [4.69, 9.17) is 23.6 Å². The van der Waals surface area contributed by atoms with Crippen LogP contribution in [0.25, 0.3) is 0 Å². The maximum absolute atomic E-state index is 14.1. The predicted octanol–water partition coefficient (Wildman–Crippen LogP) is 5.64. The molecule has 8 heteroatoms. The van der Waals surface area contributed by atoms with Crippen molar-refractivity contribution in [2.24, 2.45) is 16.8 Å².